The number of hydrogen-bond donors (Lipinski definition) is 0. The summed E-state index contributed by atoms with van der Waals surface area (Å²) in [6.07, 6.45) is 0. The van der Waals surface area contributed by atoms with Gasteiger partial charge in [-0.1, -0.05) is 42.5 Å². The molecule has 0 unspecified atom stereocenters. The predicted molar refractivity (Wildman–Crippen MR) is 104 cm³/mol. The van der Waals surface area contributed by atoms with Crippen molar-refractivity contribution in [2.75, 3.05) is 13.7 Å². The van der Waals surface area contributed by atoms with Gasteiger partial charge in [0.25, 0.3) is 5.91 Å². The molecular formula is C21H21NO3S. The lowest BCUT2D eigenvalue weighted by Gasteiger charge is -2.23. The average molecular weight is 367 g/mol. The minimum Gasteiger partial charge on any atom is -0.496 e. The number of thiophene rings is 1. The summed E-state index contributed by atoms with van der Waals surface area (Å²) in [5.74, 6) is 1.41. The number of carbonyl (C=O) groups is 1. The van der Waals surface area contributed by atoms with E-state index in [2.05, 4.69) is 0 Å². The first-order valence-corrected chi connectivity index (χ1v) is 9.24. The fourth-order valence-electron chi connectivity index (χ4n) is 2.62. The maximum Gasteiger partial charge on any atom is 0.261 e. The first-order valence-electron chi connectivity index (χ1n) is 8.36. The maximum absolute atomic E-state index is 12.8. The van der Waals surface area contributed by atoms with Crippen LogP contribution in [0.2, 0.25) is 0 Å². The van der Waals surface area contributed by atoms with Crippen molar-refractivity contribution in [3.8, 4) is 11.5 Å². The molecule has 0 spiro atoms. The molecule has 1 amide bonds. The standard InChI is InChI=1S/C21H21NO3S/c1-24-20-12-6-5-8-17(20)14-22(15-19-11-7-13-26-19)21(23)16-25-18-9-3-2-4-10-18/h2-13H,14-16H2,1H3. The summed E-state index contributed by atoms with van der Waals surface area (Å²) in [5, 5.41) is 2.02. The van der Waals surface area contributed by atoms with Crippen LogP contribution in [0.3, 0.4) is 0 Å². The van der Waals surface area contributed by atoms with Crippen molar-refractivity contribution in [3.63, 3.8) is 0 Å². The van der Waals surface area contributed by atoms with E-state index in [9.17, 15) is 4.79 Å². The topological polar surface area (TPSA) is 38.8 Å². The monoisotopic (exact) mass is 367 g/mol. The molecule has 0 atom stereocenters. The number of rotatable bonds is 8. The minimum atomic E-state index is -0.0619. The second kappa shape index (κ2) is 9.06. The van der Waals surface area contributed by atoms with Gasteiger partial charge >= 0.3 is 0 Å². The summed E-state index contributed by atoms with van der Waals surface area (Å²) in [6, 6.07) is 21.2. The van der Waals surface area contributed by atoms with Crippen molar-refractivity contribution in [1.29, 1.82) is 0 Å². The Morgan fingerprint density at radius 1 is 0.962 bits per heavy atom. The summed E-state index contributed by atoms with van der Waals surface area (Å²) >= 11 is 1.64. The van der Waals surface area contributed by atoms with E-state index in [1.807, 2.05) is 72.1 Å². The molecule has 0 N–H and O–H groups in total. The van der Waals surface area contributed by atoms with Crippen molar-refractivity contribution >= 4 is 17.2 Å². The van der Waals surface area contributed by atoms with Gasteiger partial charge in [0.15, 0.2) is 6.61 Å². The number of methoxy groups -OCH3 is 1. The van der Waals surface area contributed by atoms with Crippen LogP contribution < -0.4 is 9.47 Å². The molecule has 0 aliphatic rings. The molecule has 0 bridgehead atoms. The lowest BCUT2D eigenvalue weighted by molar-refractivity contribution is -0.134. The van der Waals surface area contributed by atoms with E-state index in [1.165, 1.54) is 0 Å². The molecule has 134 valence electrons. The van der Waals surface area contributed by atoms with Crippen LogP contribution in [0.15, 0.2) is 72.1 Å². The number of para-hydroxylation sites is 2. The van der Waals surface area contributed by atoms with Crippen LogP contribution in [0.5, 0.6) is 11.5 Å². The third-order valence-electron chi connectivity index (χ3n) is 3.94. The highest BCUT2D eigenvalue weighted by Gasteiger charge is 2.17. The lowest BCUT2D eigenvalue weighted by Crippen LogP contribution is -2.34. The second-order valence-corrected chi connectivity index (χ2v) is 6.77. The third kappa shape index (κ3) is 4.86. The number of benzene rings is 2. The Labute approximate surface area is 157 Å². The Bertz CT molecular complexity index is 818. The Hall–Kier alpha value is -2.79. The fraction of sp³-hybridized carbons (Fsp3) is 0.190. The first kappa shape index (κ1) is 18.0. The number of amides is 1. The Kier molecular flexibility index (Phi) is 6.28. The molecule has 4 nitrogen and oxygen atoms in total. The summed E-state index contributed by atoms with van der Waals surface area (Å²) in [5.41, 5.74) is 0.972. The maximum atomic E-state index is 12.8. The smallest absolute Gasteiger partial charge is 0.261 e. The number of ether oxygens (including phenoxy) is 2. The molecule has 0 aliphatic carbocycles. The molecule has 0 aliphatic heterocycles. The molecule has 5 heteroatoms. The van der Waals surface area contributed by atoms with Gasteiger partial charge in [-0.15, -0.1) is 11.3 Å². The van der Waals surface area contributed by atoms with E-state index in [-0.39, 0.29) is 12.5 Å². The van der Waals surface area contributed by atoms with Gasteiger partial charge in [0.2, 0.25) is 0 Å². The van der Waals surface area contributed by atoms with Crippen molar-refractivity contribution in [1.82, 2.24) is 4.90 Å². The van der Waals surface area contributed by atoms with Crippen molar-refractivity contribution in [2.24, 2.45) is 0 Å². The van der Waals surface area contributed by atoms with Crippen molar-refractivity contribution in [3.05, 3.63) is 82.6 Å². The molecule has 2 aromatic carbocycles. The van der Waals surface area contributed by atoms with Gasteiger partial charge in [-0.2, -0.15) is 0 Å². The van der Waals surface area contributed by atoms with Gasteiger partial charge in [0.05, 0.1) is 13.7 Å². The Morgan fingerprint density at radius 2 is 1.73 bits per heavy atom. The molecule has 0 fully saturated rings. The zero-order valence-corrected chi connectivity index (χ0v) is 15.4. The van der Waals surface area contributed by atoms with E-state index in [1.54, 1.807) is 23.3 Å². The molecule has 0 saturated heterocycles. The van der Waals surface area contributed by atoms with Crippen LogP contribution in [0.1, 0.15) is 10.4 Å². The number of hydrogen-bond acceptors (Lipinski definition) is 4. The van der Waals surface area contributed by atoms with E-state index in [0.717, 1.165) is 16.2 Å². The highest BCUT2D eigenvalue weighted by atomic mass is 32.1. The molecule has 3 rings (SSSR count). The molecule has 3 aromatic rings. The van der Waals surface area contributed by atoms with Crippen LogP contribution in [-0.2, 0) is 17.9 Å². The number of nitrogens with zero attached hydrogens (tertiary/aromatic N) is 1. The normalized spacial score (nSPS) is 10.3. The van der Waals surface area contributed by atoms with Gasteiger partial charge < -0.3 is 14.4 Å². The van der Waals surface area contributed by atoms with Gasteiger partial charge in [-0.25, -0.2) is 0 Å². The largest absolute Gasteiger partial charge is 0.496 e. The van der Waals surface area contributed by atoms with Crippen molar-refractivity contribution in [2.45, 2.75) is 13.1 Å². The van der Waals surface area contributed by atoms with E-state index < -0.39 is 0 Å². The first-order chi connectivity index (χ1) is 12.8. The number of carbonyl (C=O) groups excluding carboxylic acids is 1. The van der Waals surface area contributed by atoms with E-state index >= 15 is 0 Å². The zero-order valence-electron chi connectivity index (χ0n) is 14.6. The van der Waals surface area contributed by atoms with Crippen LogP contribution in [-0.4, -0.2) is 24.5 Å². The molecule has 1 aromatic heterocycles. The Morgan fingerprint density at radius 3 is 2.46 bits per heavy atom. The second-order valence-electron chi connectivity index (χ2n) is 5.74. The zero-order chi connectivity index (χ0) is 18.2. The summed E-state index contributed by atoms with van der Waals surface area (Å²) in [7, 11) is 1.64. The summed E-state index contributed by atoms with van der Waals surface area (Å²) in [4.78, 5) is 15.7. The lowest BCUT2D eigenvalue weighted by atomic mass is 10.2. The van der Waals surface area contributed by atoms with Crippen LogP contribution in [0.25, 0.3) is 0 Å². The Balaban J connectivity index is 1.73. The summed E-state index contributed by atoms with van der Waals surface area (Å²) < 4.78 is 11.1. The predicted octanol–water partition coefficient (Wildman–Crippen LogP) is 4.36. The average Bonchev–Trinajstić information content (AvgIpc) is 3.20. The van der Waals surface area contributed by atoms with Crippen molar-refractivity contribution < 1.29 is 14.3 Å². The fourth-order valence-corrected chi connectivity index (χ4v) is 3.33. The minimum absolute atomic E-state index is 0.00450. The van der Waals surface area contributed by atoms with Crippen LogP contribution in [0, 0.1) is 0 Å². The quantitative estimate of drug-likeness (QED) is 0.594. The van der Waals surface area contributed by atoms with Crippen LogP contribution in [0.4, 0.5) is 0 Å². The van der Waals surface area contributed by atoms with E-state index in [0.29, 0.717) is 18.8 Å². The van der Waals surface area contributed by atoms with Gasteiger partial charge in [-0.3, -0.25) is 4.79 Å². The van der Waals surface area contributed by atoms with Gasteiger partial charge in [0.1, 0.15) is 11.5 Å². The van der Waals surface area contributed by atoms with Crippen LogP contribution >= 0.6 is 11.3 Å². The highest BCUT2D eigenvalue weighted by molar-refractivity contribution is 7.09. The summed E-state index contributed by atoms with van der Waals surface area (Å²) in [6.45, 7) is 1.02. The van der Waals surface area contributed by atoms with E-state index in [4.69, 9.17) is 9.47 Å². The molecule has 1 heterocycles. The SMILES string of the molecule is COc1ccccc1CN(Cc1cccs1)C(=O)COc1ccccc1. The third-order valence-corrected chi connectivity index (χ3v) is 4.80. The molecule has 0 radical (unpaired) electrons. The molecule has 26 heavy (non-hydrogen) atoms. The van der Waals surface area contributed by atoms with Gasteiger partial charge in [-0.05, 0) is 29.6 Å². The highest BCUT2D eigenvalue weighted by Crippen LogP contribution is 2.22. The molecular weight excluding hydrogens is 346 g/mol. The van der Waals surface area contributed by atoms with Gasteiger partial charge in [0, 0.05) is 17.0 Å². The molecule has 0 saturated carbocycles.